The number of halogens is 2. The highest BCUT2D eigenvalue weighted by Crippen LogP contribution is 2.37. The van der Waals surface area contributed by atoms with E-state index in [0.29, 0.717) is 6.54 Å². The Labute approximate surface area is 166 Å². The first kappa shape index (κ1) is 17.8. The summed E-state index contributed by atoms with van der Waals surface area (Å²) in [6.45, 7) is 1.45. The van der Waals surface area contributed by atoms with Gasteiger partial charge in [-0.15, -0.1) is 0 Å². The molecule has 1 aromatic carbocycles. The van der Waals surface area contributed by atoms with Gasteiger partial charge in [-0.1, -0.05) is 17.7 Å². The summed E-state index contributed by atoms with van der Waals surface area (Å²) in [6.07, 6.45) is 6.11. The van der Waals surface area contributed by atoms with E-state index in [-0.39, 0.29) is 5.92 Å². The van der Waals surface area contributed by atoms with Crippen LogP contribution in [0.25, 0.3) is 0 Å². The van der Waals surface area contributed by atoms with Crippen LogP contribution in [0.15, 0.2) is 28.9 Å². The molecule has 0 radical (unpaired) electrons. The number of piperidine rings is 1. The summed E-state index contributed by atoms with van der Waals surface area (Å²) in [5.41, 5.74) is 6.00. The number of carboxylic acids is 1. The summed E-state index contributed by atoms with van der Waals surface area (Å²) >= 11 is 9.85. The molecule has 0 saturated carbocycles. The highest BCUT2D eigenvalue weighted by atomic mass is 79.9. The number of fused-ring (bicyclic) bond motifs is 2. The molecule has 26 heavy (non-hydrogen) atoms. The monoisotopic (exact) mass is 434 g/mol. The fourth-order valence-corrected chi connectivity index (χ4v) is 4.92. The van der Waals surface area contributed by atoms with E-state index < -0.39 is 5.97 Å². The molecule has 1 aliphatic heterocycles. The minimum Gasteiger partial charge on any atom is -0.481 e. The molecule has 1 atom stereocenters. The van der Waals surface area contributed by atoms with Crippen molar-refractivity contribution in [3.05, 3.63) is 56.3 Å². The van der Waals surface area contributed by atoms with Gasteiger partial charge >= 0.3 is 5.97 Å². The number of carboxylic acid groups (broad SMARTS) is 1. The second-order valence-corrected chi connectivity index (χ2v) is 8.38. The van der Waals surface area contributed by atoms with Crippen molar-refractivity contribution in [2.75, 3.05) is 18.0 Å². The van der Waals surface area contributed by atoms with E-state index in [1.54, 1.807) is 0 Å². The van der Waals surface area contributed by atoms with Gasteiger partial charge in [0.2, 0.25) is 0 Å². The maximum atomic E-state index is 11.5. The molecule has 4 rings (SSSR count). The highest BCUT2D eigenvalue weighted by molar-refractivity contribution is 9.10. The van der Waals surface area contributed by atoms with Crippen LogP contribution >= 0.6 is 27.5 Å². The van der Waals surface area contributed by atoms with Crippen LogP contribution in [-0.2, 0) is 24.1 Å². The van der Waals surface area contributed by atoms with Crippen LogP contribution in [0.4, 0.5) is 5.69 Å². The van der Waals surface area contributed by atoms with E-state index in [2.05, 4.69) is 37.9 Å². The Hall–Kier alpha value is -1.59. The number of benzene rings is 1. The molecule has 0 spiro atoms. The largest absolute Gasteiger partial charge is 0.481 e. The third-order valence-corrected chi connectivity index (χ3v) is 6.27. The van der Waals surface area contributed by atoms with Gasteiger partial charge in [0, 0.05) is 30.7 Å². The van der Waals surface area contributed by atoms with Crippen LogP contribution in [0, 0.1) is 5.92 Å². The van der Waals surface area contributed by atoms with Gasteiger partial charge < -0.3 is 10.0 Å². The highest BCUT2D eigenvalue weighted by Gasteiger charge is 2.29. The van der Waals surface area contributed by atoms with Gasteiger partial charge in [-0.2, -0.15) is 0 Å². The van der Waals surface area contributed by atoms with Crippen molar-refractivity contribution in [1.82, 2.24) is 4.98 Å². The number of carbonyl (C=O) groups is 1. The number of hydrogen-bond donors (Lipinski definition) is 1. The minimum atomic E-state index is -0.701. The van der Waals surface area contributed by atoms with E-state index in [0.717, 1.165) is 59.5 Å². The summed E-state index contributed by atoms with van der Waals surface area (Å²) in [7, 11) is 0. The lowest BCUT2D eigenvalue weighted by atomic mass is 9.96. The second kappa shape index (κ2) is 7.20. The zero-order valence-electron chi connectivity index (χ0n) is 14.3. The number of rotatable bonds is 2. The molecule has 1 N–H and O–H groups in total. The van der Waals surface area contributed by atoms with E-state index in [9.17, 15) is 9.90 Å². The molecule has 6 heteroatoms. The number of aromatic nitrogens is 1. The van der Waals surface area contributed by atoms with Gasteiger partial charge in [-0.05, 0) is 70.4 Å². The Bertz CT molecular complexity index is 871. The average Bonchev–Trinajstić information content (AvgIpc) is 2.81. The van der Waals surface area contributed by atoms with Crippen molar-refractivity contribution >= 4 is 39.2 Å². The number of aryl methyl sites for hydroxylation is 1. The molecule has 1 aliphatic carbocycles. The first-order chi connectivity index (χ1) is 12.5. The number of aliphatic carboxylic acids is 1. The molecule has 0 amide bonds. The van der Waals surface area contributed by atoms with Gasteiger partial charge in [-0.3, -0.25) is 9.78 Å². The molecule has 136 valence electrons. The Morgan fingerprint density at radius 1 is 1.31 bits per heavy atom. The van der Waals surface area contributed by atoms with Crippen molar-refractivity contribution in [2.45, 2.75) is 32.1 Å². The molecule has 2 heterocycles. The zero-order valence-corrected chi connectivity index (χ0v) is 16.7. The lowest BCUT2D eigenvalue weighted by Gasteiger charge is -2.35. The maximum absolute atomic E-state index is 11.5. The number of hydrogen-bond acceptors (Lipinski definition) is 3. The Morgan fingerprint density at radius 2 is 2.15 bits per heavy atom. The van der Waals surface area contributed by atoms with Gasteiger partial charge in [0.15, 0.2) is 0 Å². The summed E-state index contributed by atoms with van der Waals surface area (Å²) in [5.74, 6) is -1.01. The Morgan fingerprint density at radius 3 is 2.96 bits per heavy atom. The summed E-state index contributed by atoms with van der Waals surface area (Å²) in [6, 6.07) is 6.09. The fourth-order valence-electron chi connectivity index (χ4n) is 4.13. The third kappa shape index (κ3) is 3.35. The predicted octanol–water partition coefficient (Wildman–Crippen LogP) is 4.49. The van der Waals surface area contributed by atoms with Crippen molar-refractivity contribution in [2.24, 2.45) is 5.92 Å². The second-order valence-electron chi connectivity index (χ2n) is 7.09. The van der Waals surface area contributed by atoms with Crippen molar-refractivity contribution < 1.29 is 9.90 Å². The van der Waals surface area contributed by atoms with E-state index in [4.69, 9.17) is 11.6 Å². The van der Waals surface area contributed by atoms with E-state index >= 15 is 0 Å². The lowest BCUT2D eigenvalue weighted by Crippen LogP contribution is -2.39. The summed E-state index contributed by atoms with van der Waals surface area (Å²) in [4.78, 5) is 18.4. The molecule has 2 aliphatic rings. The molecule has 1 saturated heterocycles. The van der Waals surface area contributed by atoms with Crippen LogP contribution in [0.2, 0.25) is 5.02 Å². The van der Waals surface area contributed by atoms with Crippen molar-refractivity contribution in [3.63, 3.8) is 0 Å². The first-order valence-electron chi connectivity index (χ1n) is 8.94. The molecule has 1 unspecified atom stereocenters. The molecule has 4 nitrogen and oxygen atoms in total. The third-order valence-electron chi connectivity index (χ3n) is 5.45. The maximum Gasteiger partial charge on any atom is 0.308 e. The summed E-state index contributed by atoms with van der Waals surface area (Å²) in [5, 5.41) is 10.2. The summed E-state index contributed by atoms with van der Waals surface area (Å²) < 4.78 is 0.950. The smallest absolute Gasteiger partial charge is 0.308 e. The van der Waals surface area contributed by atoms with E-state index in [1.165, 1.54) is 16.7 Å². The van der Waals surface area contributed by atoms with Gasteiger partial charge in [-0.25, -0.2) is 0 Å². The lowest BCUT2D eigenvalue weighted by molar-refractivity contribution is -0.141. The van der Waals surface area contributed by atoms with Gasteiger partial charge in [0.25, 0.3) is 0 Å². The molecule has 2 aromatic rings. The van der Waals surface area contributed by atoms with Crippen molar-refractivity contribution in [3.8, 4) is 0 Å². The number of anilines is 1. The van der Waals surface area contributed by atoms with Crippen molar-refractivity contribution in [1.29, 1.82) is 0 Å². The Balaban J connectivity index is 1.72. The van der Waals surface area contributed by atoms with E-state index in [1.807, 2.05) is 12.3 Å². The topological polar surface area (TPSA) is 53.4 Å². The van der Waals surface area contributed by atoms with Crippen LogP contribution in [0.1, 0.15) is 35.2 Å². The fraction of sp³-hybridized carbons (Fsp3) is 0.400. The standard InChI is InChI=1S/C20H20BrClN2O2/c21-17-10-23-18-9-13-3-5-15(22)8-12(13)4-6-16(18)19(17)24-7-1-2-14(11-24)20(25)26/h3,5,8,10,14H,1-2,4,6-7,9,11H2,(H,25,26). The molecule has 1 aromatic heterocycles. The molecular weight excluding hydrogens is 416 g/mol. The van der Waals surface area contributed by atoms with Gasteiger partial charge in [0.1, 0.15) is 0 Å². The predicted molar refractivity (Wildman–Crippen MR) is 106 cm³/mol. The minimum absolute atomic E-state index is 0.304. The van der Waals surface area contributed by atoms with Crippen LogP contribution < -0.4 is 4.90 Å². The number of pyridine rings is 1. The van der Waals surface area contributed by atoms with Gasteiger partial charge in [0.05, 0.1) is 21.8 Å². The molecular formula is C20H20BrClN2O2. The quantitative estimate of drug-likeness (QED) is 0.755. The zero-order chi connectivity index (χ0) is 18.3. The van der Waals surface area contributed by atoms with Crippen LogP contribution in [0.3, 0.4) is 0 Å². The molecule has 1 fully saturated rings. The number of nitrogens with zero attached hydrogens (tertiary/aromatic N) is 2. The normalized spacial score (nSPS) is 19.5. The SMILES string of the molecule is O=C(O)C1CCCN(c2c(Br)cnc3c2CCc2cc(Cl)ccc2C3)C1. The van der Waals surface area contributed by atoms with Crippen LogP contribution in [0.5, 0.6) is 0 Å². The molecule has 0 bridgehead atoms. The Kier molecular flexibility index (Phi) is 4.93. The van der Waals surface area contributed by atoms with Crippen LogP contribution in [-0.4, -0.2) is 29.1 Å². The average molecular weight is 436 g/mol. The first-order valence-corrected chi connectivity index (χ1v) is 10.1.